The summed E-state index contributed by atoms with van der Waals surface area (Å²) in [7, 11) is 0. The highest BCUT2D eigenvalue weighted by atomic mass is 16.1. The minimum atomic E-state index is 0.0248. The van der Waals surface area contributed by atoms with Crippen LogP contribution >= 0.6 is 0 Å². The van der Waals surface area contributed by atoms with Crippen molar-refractivity contribution in [2.24, 2.45) is 5.73 Å². The minimum Gasteiger partial charge on any atom is -0.352 e. The van der Waals surface area contributed by atoms with Crippen LogP contribution in [0.3, 0.4) is 0 Å². The standard InChI is InChI=1S/C12H18N2O/c1-9-3-5-11(6-4-9)7-12(15)14-10(2)8-13/h3-6,10H,7-8,13H2,1-2H3,(H,14,15)/t10-/m1/s1. The van der Waals surface area contributed by atoms with Gasteiger partial charge in [-0.3, -0.25) is 4.79 Å². The first kappa shape index (κ1) is 11.7. The van der Waals surface area contributed by atoms with Crippen molar-refractivity contribution in [1.82, 2.24) is 5.32 Å². The van der Waals surface area contributed by atoms with E-state index in [2.05, 4.69) is 5.32 Å². The van der Waals surface area contributed by atoms with Crippen LogP contribution in [-0.2, 0) is 11.2 Å². The average Bonchev–Trinajstić information content (AvgIpc) is 2.21. The molecular formula is C12H18N2O. The number of rotatable bonds is 4. The number of carbonyl (C=O) groups excluding carboxylic acids is 1. The maximum Gasteiger partial charge on any atom is 0.224 e. The van der Waals surface area contributed by atoms with Gasteiger partial charge in [0.2, 0.25) is 5.91 Å². The molecule has 1 aromatic rings. The van der Waals surface area contributed by atoms with Crippen molar-refractivity contribution in [1.29, 1.82) is 0 Å². The Morgan fingerprint density at radius 1 is 1.40 bits per heavy atom. The lowest BCUT2D eigenvalue weighted by Gasteiger charge is -2.11. The molecule has 0 aliphatic heterocycles. The molecule has 0 unspecified atom stereocenters. The number of nitrogens with two attached hydrogens (primary N) is 1. The van der Waals surface area contributed by atoms with Crippen molar-refractivity contribution >= 4 is 5.91 Å². The van der Waals surface area contributed by atoms with Gasteiger partial charge >= 0.3 is 0 Å². The zero-order valence-electron chi connectivity index (χ0n) is 9.29. The molecule has 0 saturated heterocycles. The van der Waals surface area contributed by atoms with Crippen LogP contribution in [0.4, 0.5) is 0 Å². The Morgan fingerprint density at radius 2 is 2.00 bits per heavy atom. The van der Waals surface area contributed by atoms with Crippen LogP contribution in [0.5, 0.6) is 0 Å². The highest BCUT2D eigenvalue weighted by molar-refractivity contribution is 5.78. The Kier molecular flexibility index (Phi) is 4.31. The summed E-state index contributed by atoms with van der Waals surface area (Å²) in [4.78, 5) is 11.5. The van der Waals surface area contributed by atoms with E-state index in [4.69, 9.17) is 5.73 Å². The monoisotopic (exact) mass is 206 g/mol. The van der Waals surface area contributed by atoms with E-state index in [1.807, 2.05) is 38.1 Å². The van der Waals surface area contributed by atoms with Gasteiger partial charge in [0.25, 0.3) is 0 Å². The lowest BCUT2D eigenvalue weighted by Crippen LogP contribution is -2.38. The molecule has 3 nitrogen and oxygen atoms in total. The van der Waals surface area contributed by atoms with Crippen LogP contribution in [0.2, 0.25) is 0 Å². The van der Waals surface area contributed by atoms with E-state index in [-0.39, 0.29) is 11.9 Å². The zero-order chi connectivity index (χ0) is 11.3. The van der Waals surface area contributed by atoms with Crippen molar-refractivity contribution in [3.63, 3.8) is 0 Å². The number of amides is 1. The predicted octanol–water partition coefficient (Wildman–Crippen LogP) is 1.00. The normalized spacial score (nSPS) is 12.2. The largest absolute Gasteiger partial charge is 0.352 e. The predicted molar refractivity (Wildman–Crippen MR) is 61.5 cm³/mol. The quantitative estimate of drug-likeness (QED) is 0.772. The lowest BCUT2D eigenvalue weighted by molar-refractivity contribution is -0.120. The third-order valence-electron chi connectivity index (χ3n) is 2.25. The SMILES string of the molecule is Cc1ccc(CC(=O)N[C@H](C)CN)cc1. The Bertz CT molecular complexity index is 319. The molecule has 0 spiro atoms. The lowest BCUT2D eigenvalue weighted by atomic mass is 10.1. The topological polar surface area (TPSA) is 55.1 Å². The van der Waals surface area contributed by atoms with E-state index in [1.54, 1.807) is 0 Å². The number of benzene rings is 1. The number of nitrogens with one attached hydrogen (secondary N) is 1. The molecule has 15 heavy (non-hydrogen) atoms. The van der Waals surface area contributed by atoms with E-state index >= 15 is 0 Å². The van der Waals surface area contributed by atoms with Gasteiger partial charge in [-0.05, 0) is 19.4 Å². The highest BCUT2D eigenvalue weighted by Crippen LogP contribution is 2.03. The first-order valence-corrected chi connectivity index (χ1v) is 5.17. The van der Waals surface area contributed by atoms with Crippen LogP contribution in [0.25, 0.3) is 0 Å². The second-order valence-corrected chi connectivity index (χ2v) is 3.87. The molecule has 0 saturated carbocycles. The molecule has 1 rings (SSSR count). The fourth-order valence-corrected chi connectivity index (χ4v) is 1.28. The smallest absolute Gasteiger partial charge is 0.224 e. The Morgan fingerprint density at radius 3 is 2.53 bits per heavy atom. The van der Waals surface area contributed by atoms with Gasteiger partial charge in [0.1, 0.15) is 0 Å². The van der Waals surface area contributed by atoms with E-state index in [1.165, 1.54) is 5.56 Å². The molecule has 1 amide bonds. The molecule has 0 aromatic heterocycles. The zero-order valence-corrected chi connectivity index (χ0v) is 9.29. The van der Waals surface area contributed by atoms with Crippen molar-refractivity contribution in [3.05, 3.63) is 35.4 Å². The summed E-state index contributed by atoms with van der Waals surface area (Å²) in [5, 5.41) is 2.83. The maximum absolute atomic E-state index is 11.5. The first-order valence-electron chi connectivity index (χ1n) is 5.17. The fourth-order valence-electron chi connectivity index (χ4n) is 1.28. The molecule has 1 aromatic carbocycles. The van der Waals surface area contributed by atoms with Gasteiger partial charge in [-0.15, -0.1) is 0 Å². The summed E-state index contributed by atoms with van der Waals surface area (Å²) in [5.41, 5.74) is 7.65. The van der Waals surface area contributed by atoms with Crippen LogP contribution in [0.15, 0.2) is 24.3 Å². The van der Waals surface area contributed by atoms with Crippen LogP contribution in [0.1, 0.15) is 18.1 Å². The van der Waals surface area contributed by atoms with E-state index in [0.29, 0.717) is 13.0 Å². The Balaban J connectivity index is 2.48. The number of aryl methyl sites for hydroxylation is 1. The molecule has 0 bridgehead atoms. The molecule has 0 fully saturated rings. The van der Waals surface area contributed by atoms with Crippen molar-refractivity contribution < 1.29 is 4.79 Å². The van der Waals surface area contributed by atoms with Crippen LogP contribution in [0, 0.1) is 6.92 Å². The number of hydrogen-bond acceptors (Lipinski definition) is 2. The highest BCUT2D eigenvalue weighted by Gasteiger charge is 2.06. The molecule has 0 aliphatic rings. The molecule has 1 atom stereocenters. The molecule has 3 N–H and O–H groups in total. The van der Waals surface area contributed by atoms with Gasteiger partial charge in [-0.1, -0.05) is 29.8 Å². The summed E-state index contributed by atoms with van der Waals surface area (Å²) in [5.74, 6) is 0.0248. The summed E-state index contributed by atoms with van der Waals surface area (Å²) in [6, 6.07) is 8.01. The average molecular weight is 206 g/mol. The summed E-state index contributed by atoms with van der Waals surface area (Å²) >= 11 is 0. The van der Waals surface area contributed by atoms with Crippen molar-refractivity contribution in [3.8, 4) is 0 Å². The molecule has 3 heteroatoms. The second-order valence-electron chi connectivity index (χ2n) is 3.87. The maximum atomic E-state index is 11.5. The van der Waals surface area contributed by atoms with Gasteiger partial charge in [-0.25, -0.2) is 0 Å². The Labute approximate surface area is 90.7 Å². The Hall–Kier alpha value is -1.35. The second kappa shape index (κ2) is 5.51. The summed E-state index contributed by atoms with van der Waals surface area (Å²) in [6.07, 6.45) is 0.421. The fraction of sp³-hybridized carbons (Fsp3) is 0.417. The van der Waals surface area contributed by atoms with E-state index in [9.17, 15) is 4.79 Å². The first-order chi connectivity index (χ1) is 7.11. The van der Waals surface area contributed by atoms with Crippen LogP contribution in [-0.4, -0.2) is 18.5 Å². The van der Waals surface area contributed by atoms with Crippen molar-refractivity contribution in [2.75, 3.05) is 6.54 Å². The molecule has 0 aliphatic carbocycles. The van der Waals surface area contributed by atoms with Gasteiger partial charge in [0.15, 0.2) is 0 Å². The molecule has 82 valence electrons. The van der Waals surface area contributed by atoms with Gasteiger partial charge in [-0.2, -0.15) is 0 Å². The summed E-state index contributed by atoms with van der Waals surface area (Å²) in [6.45, 7) is 4.40. The van der Waals surface area contributed by atoms with Gasteiger partial charge in [0, 0.05) is 12.6 Å². The minimum absolute atomic E-state index is 0.0248. The van der Waals surface area contributed by atoms with Gasteiger partial charge < -0.3 is 11.1 Å². The third-order valence-corrected chi connectivity index (χ3v) is 2.25. The van der Waals surface area contributed by atoms with Gasteiger partial charge in [0.05, 0.1) is 6.42 Å². The van der Waals surface area contributed by atoms with E-state index < -0.39 is 0 Å². The molecule has 0 radical (unpaired) electrons. The number of hydrogen-bond donors (Lipinski definition) is 2. The summed E-state index contributed by atoms with van der Waals surface area (Å²) < 4.78 is 0. The number of carbonyl (C=O) groups is 1. The van der Waals surface area contributed by atoms with E-state index in [0.717, 1.165) is 5.56 Å². The molecular weight excluding hydrogens is 188 g/mol. The van der Waals surface area contributed by atoms with Crippen molar-refractivity contribution in [2.45, 2.75) is 26.3 Å². The third kappa shape index (κ3) is 4.13. The molecule has 0 heterocycles. The van der Waals surface area contributed by atoms with Crippen LogP contribution < -0.4 is 11.1 Å².